The maximum absolute atomic E-state index is 14.4. The fourth-order valence-electron chi connectivity index (χ4n) is 5.21. The van der Waals surface area contributed by atoms with Crippen LogP contribution in [0.4, 0.5) is 9.18 Å². The lowest BCUT2D eigenvalue weighted by Gasteiger charge is -2.24. The van der Waals surface area contributed by atoms with Gasteiger partial charge < -0.3 is 25.0 Å². The van der Waals surface area contributed by atoms with Crippen LogP contribution in [-0.4, -0.2) is 44.8 Å². The van der Waals surface area contributed by atoms with Gasteiger partial charge in [0.2, 0.25) is 0 Å². The number of carbonyl (C=O) groups is 1. The first-order valence-electron chi connectivity index (χ1n) is 12.2. The Bertz CT molecular complexity index is 1240. The van der Waals surface area contributed by atoms with E-state index >= 15 is 0 Å². The maximum Gasteiger partial charge on any atom is 0.404 e. The molecule has 1 unspecified atom stereocenters. The largest absolute Gasteiger partial charge is 0.505 e. The Hall–Kier alpha value is -3.33. The van der Waals surface area contributed by atoms with Crippen LogP contribution in [0.15, 0.2) is 30.5 Å². The second-order valence-corrected chi connectivity index (χ2v) is 9.33. The molecule has 1 saturated heterocycles. The first kappa shape index (κ1) is 23.4. The van der Waals surface area contributed by atoms with Crippen molar-refractivity contribution in [2.24, 2.45) is 0 Å². The minimum atomic E-state index is -1.03. The standard InChI is InChI=1S/C26H30FN3O5/c1-2-15-10-23(31)21(27)13-19(15)16-9-22-20(14-28-30(22)25-5-3-4-8-34-25)24(11-16)35-18-7-6-17(12-18)29-26(32)33/h9-11,13-14,17-18,25,29,31H,2-8,12H2,1H3,(H,32,33)/t17-,18-,25?/m0/s1. The SMILES string of the molecule is CCc1cc(O)c(F)cc1-c1cc(O[C@H]2CC[C@H](NC(=O)O)C2)c2cnn(C3CCCCO3)c2c1. The summed E-state index contributed by atoms with van der Waals surface area (Å²) in [6.45, 7) is 2.64. The van der Waals surface area contributed by atoms with Crippen LogP contribution in [0, 0.1) is 5.82 Å². The highest BCUT2D eigenvalue weighted by Crippen LogP contribution is 2.39. The van der Waals surface area contributed by atoms with Crippen LogP contribution in [0.5, 0.6) is 11.5 Å². The molecule has 35 heavy (non-hydrogen) atoms. The molecule has 3 N–H and O–H groups in total. The molecular formula is C26H30FN3O5. The van der Waals surface area contributed by atoms with E-state index in [9.17, 15) is 14.3 Å². The van der Waals surface area contributed by atoms with Gasteiger partial charge in [-0.3, -0.25) is 0 Å². The van der Waals surface area contributed by atoms with E-state index in [0.717, 1.165) is 47.7 Å². The number of aromatic hydroxyl groups is 1. The number of fused-ring (bicyclic) bond motifs is 1. The zero-order valence-electron chi connectivity index (χ0n) is 19.7. The van der Waals surface area contributed by atoms with Gasteiger partial charge in [0.25, 0.3) is 0 Å². The highest BCUT2D eigenvalue weighted by molar-refractivity contribution is 5.91. The van der Waals surface area contributed by atoms with Gasteiger partial charge in [0, 0.05) is 19.1 Å². The topological polar surface area (TPSA) is 106 Å². The Kier molecular flexibility index (Phi) is 6.51. The normalized spacial score (nSPS) is 22.4. The van der Waals surface area contributed by atoms with Crippen molar-refractivity contribution in [2.75, 3.05) is 6.61 Å². The first-order chi connectivity index (χ1) is 16.9. The number of amides is 1. The second-order valence-electron chi connectivity index (χ2n) is 9.33. The van der Waals surface area contributed by atoms with Crippen LogP contribution >= 0.6 is 0 Å². The van der Waals surface area contributed by atoms with Gasteiger partial charge in [-0.15, -0.1) is 0 Å². The van der Waals surface area contributed by atoms with Gasteiger partial charge in [-0.2, -0.15) is 5.10 Å². The number of hydrogen-bond acceptors (Lipinski definition) is 5. The number of carboxylic acid groups (broad SMARTS) is 1. The molecule has 3 atom stereocenters. The quantitative estimate of drug-likeness (QED) is 0.435. The van der Waals surface area contributed by atoms with Gasteiger partial charge in [0.1, 0.15) is 11.9 Å². The van der Waals surface area contributed by atoms with Crippen molar-refractivity contribution in [3.05, 3.63) is 41.8 Å². The molecule has 2 heterocycles. The number of aromatic nitrogens is 2. The molecular weight excluding hydrogens is 453 g/mol. The van der Waals surface area contributed by atoms with Crippen LogP contribution in [0.25, 0.3) is 22.0 Å². The molecule has 3 aromatic rings. The Balaban J connectivity index is 1.57. The molecule has 0 radical (unpaired) electrons. The van der Waals surface area contributed by atoms with Gasteiger partial charge in [0.05, 0.1) is 17.1 Å². The van der Waals surface area contributed by atoms with E-state index in [2.05, 4.69) is 10.4 Å². The maximum atomic E-state index is 14.4. The zero-order valence-corrected chi connectivity index (χ0v) is 19.7. The smallest absolute Gasteiger partial charge is 0.404 e. The summed E-state index contributed by atoms with van der Waals surface area (Å²) >= 11 is 0. The predicted octanol–water partition coefficient (Wildman–Crippen LogP) is 5.38. The molecule has 2 aliphatic rings. The lowest BCUT2D eigenvalue weighted by Crippen LogP contribution is -2.32. The summed E-state index contributed by atoms with van der Waals surface area (Å²) in [5.41, 5.74) is 3.10. The number of nitrogens with zero attached hydrogens (tertiary/aromatic N) is 2. The molecule has 186 valence electrons. The summed E-state index contributed by atoms with van der Waals surface area (Å²) in [5.74, 6) is -0.426. The average Bonchev–Trinajstić information content (AvgIpc) is 3.47. The molecule has 9 heteroatoms. The summed E-state index contributed by atoms with van der Waals surface area (Å²) in [7, 11) is 0. The second kappa shape index (κ2) is 9.73. The zero-order chi connectivity index (χ0) is 24.5. The lowest BCUT2D eigenvalue weighted by atomic mass is 9.96. The summed E-state index contributed by atoms with van der Waals surface area (Å²) < 4.78 is 28.7. The lowest BCUT2D eigenvalue weighted by molar-refractivity contribution is -0.0366. The van der Waals surface area contributed by atoms with Crippen LogP contribution < -0.4 is 10.1 Å². The Morgan fingerprint density at radius 2 is 2.11 bits per heavy atom. The summed E-state index contributed by atoms with van der Waals surface area (Å²) in [4.78, 5) is 11.0. The Labute approximate surface area is 202 Å². The summed E-state index contributed by atoms with van der Waals surface area (Å²) in [6.07, 6.45) is 5.97. The van der Waals surface area contributed by atoms with E-state index in [4.69, 9.17) is 14.6 Å². The van der Waals surface area contributed by atoms with Gasteiger partial charge in [-0.1, -0.05) is 6.92 Å². The number of rotatable bonds is 6. The summed E-state index contributed by atoms with van der Waals surface area (Å²) in [6, 6.07) is 6.54. The van der Waals surface area contributed by atoms with Crippen molar-refractivity contribution in [1.82, 2.24) is 15.1 Å². The van der Waals surface area contributed by atoms with Crippen LogP contribution in [-0.2, 0) is 11.2 Å². The van der Waals surface area contributed by atoms with Crippen molar-refractivity contribution in [1.29, 1.82) is 0 Å². The number of halogens is 1. The third-order valence-corrected chi connectivity index (χ3v) is 6.98. The molecule has 8 nitrogen and oxygen atoms in total. The summed E-state index contributed by atoms with van der Waals surface area (Å²) in [5, 5.41) is 27.0. The Morgan fingerprint density at radius 1 is 1.26 bits per heavy atom. The number of aryl methyl sites for hydroxylation is 1. The molecule has 1 saturated carbocycles. The number of ether oxygens (including phenoxy) is 2. The number of benzene rings is 2. The van der Waals surface area contributed by atoms with E-state index in [1.807, 2.05) is 23.7 Å². The molecule has 2 aromatic carbocycles. The number of phenols is 1. The molecule has 0 spiro atoms. The molecule has 5 rings (SSSR count). The molecule has 1 amide bonds. The molecule has 1 aliphatic heterocycles. The number of nitrogens with one attached hydrogen (secondary N) is 1. The first-order valence-corrected chi connectivity index (χ1v) is 12.2. The predicted molar refractivity (Wildman–Crippen MR) is 128 cm³/mol. The monoisotopic (exact) mass is 483 g/mol. The highest BCUT2D eigenvalue weighted by atomic mass is 19.1. The van der Waals surface area contributed by atoms with E-state index in [0.29, 0.717) is 37.2 Å². The van der Waals surface area contributed by atoms with Gasteiger partial charge in [-0.05, 0) is 79.5 Å². The molecule has 0 bridgehead atoms. The fraction of sp³-hybridized carbons (Fsp3) is 0.462. The fourth-order valence-corrected chi connectivity index (χ4v) is 5.21. The molecule has 1 aliphatic carbocycles. The van der Waals surface area contributed by atoms with E-state index < -0.39 is 11.9 Å². The van der Waals surface area contributed by atoms with E-state index in [1.165, 1.54) is 12.1 Å². The molecule has 2 fully saturated rings. The van der Waals surface area contributed by atoms with Crippen molar-refractivity contribution in [3.63, 3.8) is 0 Å². The number of hydrogen-bond donors (Lipinski definition) is 3. The third-order valence-electron chi connectivity index (χ3n) is 6.98. The van der Waals surface area contributed by atoms with E-state index in [1.54, 1.807) is 6.20 Å². The van der Waals surface area contributed by atoms with Crippen LogP contribution in [0.2, 0.25) is 0 Å². The highest BCUT2D eigenvalue weighted by Gasteiger charge is 2.29. The van der Waals surface area contributed by atoms with Crippen molar-refractivity contribution >= 4 is 17.0 Å². The minimum Gasteiger partial charge on any atom is -0.505 e. The average molecular weight is 484 g/mol. The Morgan fingerprint density at radius 3 is 2.86 bits per heavy atom. The number of phenolic OH excluding ortho intramolecular Hbond substituents is 1. The van der Waals surface area contributed by atoms with E-state index in [-0.39, 0.29) is 24.1 Å². The van der Waals surface area contributed by atoms with Crippen molar-refractivity contribution in [3.8, 4) is 22.6 Å². The van der Waals surface area contributed by atoms with Gasteiger partial charge in [-0.25, -0.2) is 13.9 Å². The van der Waals surface area contributed by atoms with Crippen molar-refractivity contribution < 1.29 is 28.9 Å². The van der Waals surface area contributed by atoms with Crippen LogP contribution in [0.1, 0.15) is 57.2 Å². The molecule has 1 aromatic heterocycles. The third kappa shape index (κ3) is 4.77. The minimum absolute atomic E-state index is 0.146. The van der Waals surface area contributed by atoms with Gasteiger partial charge >= 0.3 is 6.09 Å². The van der Waals surface area contributed by atoms with Gasteiger partial charge in [0.15, 0.2) is 17.8 Å². The van der Waals surface area contributed by atoms with Crippen molar-refractivity contribution in [2.45, 2.75) is 70.2 Å². The van der Waals surface area contributed by atoms with Crippen LogP contribution in [0.3, 0.4) is 0 Å².